The lowest BCUT2D eigenvalue weighted by Crippen LogP contribution is -2.59. The van der Waals surface area contributed by atoms with Crippen LogP contribution in [-0.2, 0) is 9.59 Å². The van der Waals surface area contributed by atoms with E-state index in [1.807, 2.05) is 20.8 Å². The monoisotopic (exact) mass is 423 g/mol. The van der Waals surface area contributed by atoms with E-state index in [2.05, 4.69) is 52.2 Å². The molecule has 3 unspecified atom stereocenters. The number of Topliss-reactive ketones (excluding diaryl/α,β-unsaturated/α-hetero) is 1. The number of rotatable bonds is 6. The average Bonchev–Trinajstić information content (AvgIpc) is 3.02. The van der Waals surface area contributed by atoms with Crippen molar-refractivity contribution in [1.29, 1.82) is 0 Å². The van der Waals surface area contributed by atoms with E-state index >= 15 is 0 Å². The van der Waals surface area contributed by atoms with Gasteiger partial charge >= 0.3 is 6.03 Å². The van der Waals surface area contributed by atoms with E-state index in [1.165, 1.54) is 6.92 Å². The summed E-state index contributed by atoms with van der Waals surface area (Å²) >= 11 is 0. The molecule has 0 spiro atoms. The molecule has 1 fully saturated rings. The van der Waals surface area contributed by atoms with Crippen molar-refractivity contribution in [3.63, 3.8) is 0 Å². The number of nitrogens with one attached hydrogen (secondary N) is 2. The number of nitrogens with zero attached hydrogens (tertiary/aromatic N) is 1. The molecular formula is C24H45N3O3. The molecule has 1 saturated heterocycles. The molecule has 1 heterocycles. The van der Waals surface area contributed by atoms with Crippen molar-refractivity contribution in [3.8, 4) is 0 Å². The molecule has 3 atom stereocenters. The van der Waals surface area contributed by atoms with Crippen molar-refractivity contribution in [2.24, 2.45) is 16.2 Å². The number of hydrogen-bond donors (Lipinski definition) is 2. The normalized spacial score (nSPS) is 19.9. The maximum atomic E-state index is 13.3. The Labute approximate surface area is 183 Å². The molecule has 0 aromatic heterocycles. The van der Waals surface area contributed by atoms with Gasteiger partial charge in [-0.15, -0.1) is 0 Å². The van der Waals surface area contributed by atoms with Crippen molar-refractivity contribution < 1.29 is 14.4 Å². The van der Waals surface area contributed by atoms with Crippen LogP contribution in [0.2, 0.25) is 0 Å². The van der Waals surface area contributed by atoms with Crippen LogP contribution in [0.3, 0.4) is 0 Å². The van der Waals surface area contributed by atoms with E-state index in [0.29, 0.717) is 13.0 Å². The third-order valence-electron chi connectivity index (χ3n) is 5.93. The number of hydrogen-bond acceptors (Lipinski definition) is 3. The number of carbonyl (C=O) groups excluding carboxylic acids is 3. The Morgan fingerprint density at radius 2 is 1.50 bits per heavy atom. The lowest BCUT2D eigenvalue weighted by molar-refractivity contribution is -0.140. The predicted molar refractivity (Wildman–Crippen MR) is 122 cm³/mol. The fourth-order valence-electron chi connectivity index (χ4n) is 3.90. The maximum Gasteiger partial charge on any atom is 0.315 e. The summed E-state index contributed by atoms with van der Waals surface area (Å²) in [6.07, 6.45) is 3.37. The molecule has 1 aliphatic heterocycles. The quantitative estimate of drug-likeness (QED) is 0.659. The van der Waals surface area contributed by atoms with E-state index < -0.39 is 11.5 Å². The first-order chi connectivity index (χ1) is 13.4. The number of urea groups is 1. The van der Waals surface area contributed by atoms with Crippen molar-refractivity contribution in [3.05, 3.63) is 0 Å². The Balaban J connectivity index is 2.95. The fraction of sp³-hybridized carbons (Fsp3) is 0.875. The fourth-order valence-corrected chi connectivity index (χ4v) is 3.90. The van der Waals surface area contributed by atoms with Gasteiger partial charge in [-0.05, 0) is 48.9 Å². The Kier molecular flexibility index (Phi) is 8.54. The van der Waals surface area contributed by atoms with Crippen molar-refractivity contribution in [1.82, 2.24) is 15.5 Å². The molecule has 0 saturated carbocycles. The summed E-state index contributed by atoms with van der Waals surface area (Å²) in [7, 11) is 0. The Hall–Kier alpha value is -1.59. The summed E-state index contributed by atoms with van der Waals surface area (Å²) in [5.41, 5.74) is -0.386. The maximum absolute atomic E-state index is 13.3. The number of likely N-dealkylation sites (tertiary alicyclic amines) is 1. The van der Waals surface area contributed by atoms with Gasteiger partial charge in [0.15, 0.2) is 5.78 Å². The molecule has 6 heteroatoms. The van der Waals surface area contributed by atoms with Crippen molar-refractivity contribution in [2.45, 2.75) is 113 Å². The van der Waals surface area contributed by atoms with Crippen LogP contribution in [0.15, 0.2) is 0 Å². The zero-order valence-corrected chi connectivity index (χ0v) is 20.9. The standard InChI is InChI=1S/C24H45N3O3/c1-16(28)17-12-11-15-27(17)20(29)19(24(8,9)10)26-21(30)25-18(23(5,6)7)13-14-22(2,3)4/h17-19H,11-15H2,1-10H3,(H2,25,26,30). The zero-order valence-electron chi connectivity index (χ0n) is 20.9. The number of ketones is 1. The minimum atomic E-state index is -0.694. The van der Waals surface area contributed by atoms with Gasteiger partial charge in [0.05, 0.1) is 6.04 Å². The molecule has 0 radical (unpaired) electrons. The first-order valence-corrected chi connectivity index (χ1v) is 11.3. The highest BCUT2D eigenvalue weighted by Gasteiger charge is 2.41. The van der Waals surface area contributed by atoms with E-state index in [9.17, 15) is 14.4 Å². The minimum Gasteiger partial charge on any atom is -0.335 e. The van der Waals surface area contributed by atoms with E-state index in [0.717, 1.165) is 19.3 Å². The van der Waals surface area contributed by atoms with E-state index in [1.54, 1.807) is 4.90 Å². The van der Waals surface area contributed by atoms with Gasteiger partial charge in [0.2, 0.25) is 5.91 Å². The first kappa shape index (κ1) is 26.4. The van der Waals surface area contributed by atoms with Gasteiger partial charge in [-0.1, -0.05) is 62.3 Å². The first-order valence-electron chi connectivity index (χ1n) is 11.3. The Bertz CT molecular complexity index is 623. The molecule has 6 nitrogen and oxygen atoms in total. The molecule has 3 amide bonds. The summed E-state index contributed by atoms with van der Waals surface area (Å²) in [6.45, 7) is 20.9. The Morgan fingerprint density at radius 3 is 1.93 bits per heavy atom. The highest BCUT2D eigenvalue weighted by atomic mass is 16.2. The predicted octanol–water partition coefficient (Wildman–Crippen LogP) is 4.52. The van der Waals surface area contributed by atoms with Gasteiger partial charge in [0.25, 0.3) is 0 Å². The molecule has 30 heavy (non-hydrogen) atoms. The smallest absolute Gasteiger partial charge is 0.315 e. The largest absolute Gasteiger partial charge is 0.335 e. The third-order valence-corrected chi connectivity index (χ3v) is 5.93. The van der Waals surface area contributed by atoms with Crippen LogP contribution in [0.25, 0.3) is 0 Å². The van der Waals surface area contributed by atoms with Crippen LogP contribution >= 0.6 is 0 Å². The van der Waals surface area contributed by atoms with Gasteiger partial charge < -0.3 is 15.5 Å². The number of amides is 3. The summed E-state index contributed by atoms with van der Waals surface area (Å²) in [5, 5.41) is 6.06. The van der Waals surface area contributed by atoms with Gasteiger partial charge in [0, 0.05) is 12.6 Å². The summed E-state index contributed by atoms with van der Waals surface area (Å²) in [4.78, 5) is 39.9. The highest BCUT2D eigenvalue weighted by molar-refractivity contribution is 5.92. The molecule has 1 aliphatic rings. The second kappa shape index (κ2) is 9.69. The average molecular weight is 424 g/mol. The molecule has 0 aliphatic carbocycles. The van der Waals surface area contributed by atoms with Crippen LogP contribution in [0.4, 0.5) is 4.79 Å². The molecule has 174 valence electrons. The van der Waals surface area contributed by atoms with Crippen LogP contribution in [0.1, 0.15) is 94.9 Å². The lowest BCUT2D eigenvalue weighted by atomic mass is 9.80. The van der Waals surface area contributed by atoms with Crippen LogP contribution in [0, 0.1) is 16.2 Å². The highest BCUT2D eigenvalue weighted by Crippen LogP contribution is 2.29. The topological polar surface area (TPSA) is 78.5 Å². The third kappa shape index (κ3) is 7.92. The van der Waals surface area contributed by atoms with Gasteiger partial charge in [-0.3, -0.25) is 9.59 Å². The Morgan fingerprint density at radius 1 is 0.933 bits per heavy atom. The van der Waals surface area contributed by atoms with E-state index in [4.69, 9.17) is 0 Å². The zero-order chi connectivity index (χ0) is 23.5. The van der Waals surface area contributed by atoms with Gasteiger partial charge in [0.1, 0.15) is 6.04 Å². The van der Waals surface area contributed by atoms with Crippen LogP contribution in [0.5, 0.6) is 0 Å². The second-order valence-electron chi connectivity index (χ2n) is 12.2. The molecule has 0 bridgehead atoms. The SMILES string of the molecule is CC(=O)C1CCCN1C(=O)C(NC(=O)NC(CCC(C)(C)C)C(C)(C)C)C(C)(C)C. The second-order valence-corrected chi connectivity index (χ2v) is 12.2. The minimum absolute atomic E-state index is 0.00735. The van der Waals surface area contributed by atoms with Crippen molar-refractivity contribution in [2.75, 3.05) is 6.54 Å². The van der Waals surface area contributed by atoms with Gasteiger partial charge in [-0.25, -0.2) is 4.79 Å². The van der Waals surface area contributed by atoms with E-state index in [-0.39, 0.29) is 40.6 Å². The molecule has 0 aromatic rings. The summed E-state index contributed by atoms with van der Waals surface area (Å²) < 4.78 is 0. The van der Waals surface area contributed by atoms with Crippen molar-refractivity contribution >= 4 is 17.7 Å². The number of carbonyl (C=O) groups is 3. The lowest BCUT2D eigenvalue weighted by Gasteiger charge is -2.37. The molecule has 1 rings (SSSR count). The summed E-state index contributed by atoms with van der Waals surface area (Å²) in [5.74, 6) is -0.162. The molecule has 0 aromatic carbocycles. The summed E-state index contributed by atoms with van der Waals surface area (Å²) in [6, 6.07) is -1.40. The molecule has 2 N–H and O–H groups in total. The van der Waals surface area contributed by atoms with Crippen LogP contribution < -0.4 is 10.6 Å². The van der Waals surface area contributed by atoms with Crippen LogP contribution in [-0.4, -0.2) is 47.3 Å². The molecular weight excluding hydrogens is 378 g/mol. The van der Waals surface area contributed by atoms with Gasteiger partial charge in [-0.2, -0.15) is 0 Å².